The van der Waals surface area contributed by atoms with E-state index in [1.54, 1.807) is 18.3 Å². The summed E-state index contributed by atoms with van der Waals surface area (Å²) in [5, 5.41) is 81.6. The van der Waals surface area contributed by atoms with Gasteiger partial charge in [0.25, 0.3) is 5.79 Å². The number of nitriles is 1. The first kappa shape index (κ1) is 26.4. The van der Waals surface area contributed by atoms with Gasteiger partial charge in [-0.15, -0.1) is 0 Å². The van der Waals surface area contributed by atoms with Crippen LogP contribution in [0.1, 0.15) is 20.8 Å². The zero-order chi connectivity index (χ0) is 25.2. The summed E-state index contributed by atoms with van der Waals surface area (Å²) in [4.78, 5) is 11.2. The Morgan fingerprint density at radius 2 is 1.73 bits per heavy atom. The van der Waals surface area contributed by atoms with Crippen LogP contribution in [0.15, 0.2) is 31.0 Å². The Kier molecular flexibility index (Phi) is 7.31. The topological polar surface area (TPSA) is 225 Å². The van der Waals surface area contributed by atoms with Gasteiger partial charge in [0.05, 0.1) is 35.9 Å². The minimum atomic E-state index is -3.94. The summed E-state index contributed by atoms with van der Waals surface area (Å²) < 4.78 is 1.11. The molecule has 0 spiro atoms. The van der Waals surface area contributed by atoms with Gasteiger partial charge >= 0.3 is 0 Å². The van der Waals surface area contributed by atoms with Crippen molar-refractivity contribution in [1.29, 1.82) is 5.26 Å². The molecule has 2 radical (unpaired) electrons. The van der Waals surface area contributed by atoms with E-state index in [1.807, 2.05) is 13.8 Å². The van der Waals surface area contributed by atoms with E-state index < -0.39 is 35.3 Å². The molecule has 1 aliphatic carbocycles. The van der Waals surface area contributed by atoms with Crippen LogP contribution in [0.5, 0.6) is 0 Å². The highest BCUT2D eigenvalue weighted by Crippen LogP contribution is 2.51. The number of aromatic amines is 1. The van der Waals surface area contributed by atoms with Gasteiger partial charge in [0.1, 0.15) is 19.8 Å². The third-order valence-electron chi connectivity index (χ3n) is 5.21. The van der Waals surface area contributed by atoms with Crippen LogP contribution < -0.4 is 0 Å². The molecule has 1 fully saturated rings. The van der Waals surface area contributed by atoms with Gasteiger partial charge < -0.3 is 40.7 Å². The molecule has 13 nitrogen and oxygen atoms in total. The van der Waals surface area contributed by atoms with E-state index in [0.29, 0.717) is 22.3 Å². The highest BCUT2D eigenvalue weighted by atomic mass is 16.7. The van der Waals surface area contributed by atoms with Crippen LogP contribution in [0.4, 0.5) is 0 Å². The fourth-order valence-electron chi connectivity index (χ4n) is 3.47. The molecule has 0 bridgehead atoms. The van der Waals surface area contributed by atoms with E-state index in [0.717, 1.165) is 4.68 Å². The van der Waals surface area contributed by atoms with Crippen LogP contribution in [0.25, 0.3) is 22.3 Å². The van der Waals surface area contributed by atoms with Crippen molar-refractivity contribution in [2.45, 2.75) is 50.2 Å². The number of nitrogens with one attached hydrogen (secondary N) is 1. The largest absolute Gasteiger partial charge is 0.394 e. The smallest absolute Gasteiger partial charge is 0.276 e. The summed E-state index contributed by atoms with van der Waals surface area (Å²) in [5.41, 5.74) is -1.59. The van der Waals surface area contributed by atoms with Gasteiger partial charge in [-0.2, -0.15) is 10.4 Å². The molecule has 0 amide bonds. The molecule has 0 aromatic carbocycles. The fraction of sp³-hybridized carbons (Fsp3) is 0.474. The second-order valence-corrected chi connectivity index (χ2v) is 7.09. The highest BCUT2D eigenvalue weighted by Gasteiger charge is 2.81. The quantitative estimate of drug-likeness (QED) is 0.156. The van der Waals surface area contributed by atoms with Crippen molar-refractivity contribution in [1.82, 2.24) is 24.7 Å². The first-order valence-electron chi connectivity index (χ1n) is 9.80. The van der Waals surface area contributed by atoms with E-state index in [-0.39, 0.29) is 0 Å². The lowest BCUT2D eigenvalue weighted by atomic mass is 9.69. The molecule has 2 atom stereocenters. The Bertz CT molecular complexity index is 1110. The van der Waals surface area contributed by atoms with Crippen LogP contribution in [0.2, 0.25) is 0 Å². The maximum Gasteiger partial charge on any atom is 0.276 e. The van der Waals surface area contributed by atoms with Crippen molar-refractivity contribution < 1.29 is 35.7 Å². The van der Waals surface area contributed by atoms with Crippen LogP contribution in [0.3, 0.4) is 0 Å². The third kappa shape index (κ3) is 4.00. The second kappa shape index (κ2) is 9.16. The van der Waals surface area contributed by atoms with E-state index in [2.05, 4.69) is 20.1 Å². The molecule has 3 heterocycles. The van der Waals surface area contributed by atoms with Gasteiger partial charge in [-0.1, -0.05) is 13.8 Å². The SMILES string of the molecule is CC.CC#N.[B]C1(O)C(Cn2cc(-c3ncnc4[nH]ccc34)cn2)C(O)(O)C(O)(O)C1(O)O. The Morgan fingerprint density at radius 1 is 1.12 bits per heavy atom. The molecule has 3 aromatic rings. The van der Waals surface area contributed by atoms with Crippen molar-refractivity contribution in [3.8, 4) is 17.3 Å². The average Bonchev–Trinajstić information content (AvgIpc) is 3.43. The summed E-state index contributed by atoms with van der Waals surface area (Å²) in [6.07, 6.45) is 5.83. The number of hydrogen-bond acceptors (Lipinski definition) is 11. The molecular weight excluding hydrogens is 435 g/mol. The van der Waals surface area contributed by atoms with Gasteiger partial charge in [0.15, 0.2) is 0 Å². The molecule has 4 rings (SSSR count). The van der Waals surface area contributed by atoms with Crippen LogP contribution in [-0.4, -0.2) is 91.2 Å². The Morgan fingerprint density at radius 3 is 2.27 bits per heavy atom. The van der Waals surface area contributed by atoms with Gasteiger partial charge in [-0.25, -0.2) is 9.97 Å². The lowest BCUT2D eigenvalue weighted by molar-refractivity contribution is -0.432. The molecule has 14 heteroatoms. The number of nitrogens with zero attached hydrogens (tertiary/aromatic N) is 5. The van der Waals surface area contributed by atoms with Gasteiger partial charge in [0, 0.05) is 30.3 Å². The number of rotatable bonds is 3. The predicted octanol–water partition coefficient (Wildman–Crippen LogP) is -2.09. The van der Waals surface area contributed by atoms with Crippen molar-refractivity contribution in [2.75, 3.05) is 0 Å². The number of aromatic nitrogens is 5. The first-order valence-corrected chi connectivity index (χ1v) is 9.80. The number of H-pyrrole nitrogens is 1. The highest BCUT2D eigenvalue weighted by molar-refractivity contribution is 6.16. The molecule has 8 N–H and O–H groups in total. The van der Waals surface area contributed by atoms with Crippen molar-refractivity contribution in [2.24, 2.45) is 5.92 Å². The summed E-state index contributed by atoms with van der Waals surface area (Å²) in [6.45, 7) is 4.83. The van der Waals surface area contributed by atoms with Crippen LogP contribution in [0, 0.1) is 17.2 Å². The Balaban J connectivity index is 0.000000714. The molecule has 33 heavy (non-hydrogen) atoms. The van der Waals surface area contributed by atoms with E-state index in [4.69, 9.17) is 13.1 Å². The van der Waals surface area contributed by atoms with Crippen molar-refractivity contribution in [3.05, 3.63) is 31.0 Å². The van der Waals surface area contributed by atoms with E-state index in [9.17, 15) is 35.7 Å². The molecule has 0 saturated heterocycles. The minimum Gasteiger partial charge on any atom is -0.394 e. The second-order valence-electron chi connectivity index (χ2n) is 7.09. The molecule has 1 saturated carbocycles. The zero-order valence-corrected chi connectivity index (χ0v) is 18.1. The standard InChI is InChI=1S/C15H16BN5O7.C2H3N.C2H6/c16-12(22)9(13(23,24)15(27,28)14(12,25)26)5-21-4-7(3-20-21)10-8-1-2-17-11(8)19-6-18-10;1-2-3;1-2/h1-4,6,9,22-28H,5H2,(H,17,18,19);1H3;1-2H3. The molecule has 176 valence electrons. The van der Waals surface area contributed by atoms with Crippen LogP contribution >= 0.6 is 0 Å². The molecular formula is C19H25BN6O7. The monoisotopic (exact) mass is 460 g/mol. The number of hydrogen-bond donors (Lipinski definition) is 8. The summed E-state index contributed by atoms with van der Waals surface area (Å²) in [6, 6.07) is 3.50. The molecule has 1 aliphatic rings. The average molecular weight is 460 g/mol. The minimum absolute atomic E-state index is 0.505. The first-order chi connectivity index (χ1) is 15.3. The maximum atomic E-state index is 10.2. The van der Waals surface area contributed by atoms with Gasteiger partial charge in [-0.05, 0) is 6.07 Å². The zero-order valence-electron chi connectivity index (χ0n) is 18.1. The van der Waals surface area contributed by atoms with Crippen molar-refractivity contribution in [3.63, 3.8) is 0 Å². The van der Waals surface area contributed by atoms with Gasteiger partial charge in [-0.3, -0.25) is 4.68 Å². The number of fused-ring (bicyclic) bond motifs is 1. The van der Waals surface area contributed by atoms with Gasteiger partial charge in [0.2, 0.25) is 11.6 Å². The van der Waals surface area contributed by atoms with E-state index >= 15 is 0 Å². The molecule has 2 unspecified atom stereocenters. The summed E-state index contributed by atoms with van der Waals surface area (Å²) in [7, 11) is 5.43. The number of aliphatic hydroxyl groups is 7. The summed E-state index contributed by atoms with van der Waals surface area (Å²) in [5.74, 6) is -13.4. The normalized spacial score (nSPS) is 24.2. The van der Waals surface area contributed by atoms with Crippen LogP contribution in [-0.2, 0) is 6.54 Å². The maximum absolute atomic E-state index is 10.2. The lowest BCUT2D eigenvalue weighted by Crippen LogP contribution is -2.67. The Hall–Kier alpha value is -2.90. The predicted molar refractivity (Wildman–Crippen MR) is 113 cm³/mol. The molecule has 0 aliphatic heterocycles. The third-order valence-corrected chi connectivity index (χ3v) is 5.21. The fourth-order valence-corrected chi connectivity index (χ4v) is 3.47. The lowest BCUT2D eigenvalue weighted by Gasteiger charge is -2.37. The van der Waals surface area contributed by atoms with Crippen molar-refractivity contribution >= 4 is 18.9 Å². The summed E-state index contributed by atoms with van der Waals surface area (Å²) >= 11 is 0. The Labute approximate surface area is 189 Å². The molecule has 3 aromatic heterocycles. The van der Waals surface area contributed by atoms with E-state index in [1.165, 1.54) is 25.6 Å².